The summed E-state index contributed by atoms with van der Waals surface area (Å²) in [6.07, 6.45) is 23.7. The number of hydrogen-bond donors (Lipinski definition) is 0. The summed E-state index contributed by atoms with van der Waals surface area (Å²) in [4.78, 5) is 0. The van der Waals surface area contributed by atoms with Crippen molar-refractivity contribution in [3.63, 3.8) is 0 Å². The minimum atomic E-state index is -0.0653. The molecule has 0 N–H and O–H groups in total. The Morgan fingerprint density at radius 1 is 0.583 bits per heavy atom. The molecule has 0 aromatic heterocycles. The molecule has 2 heteroatoms. The minimum absolute atomic E-state index is 0.0653. The lowest BCUT2D eigenvalue weighted by Gasteiger charge is -2.16. The summed E-state index contributed by atoms with van der Waals surface area (Å²) in [7, 11) is 0. The second-order valence-corrected chi connectivity index (χ2v) is 6.53. The van der Waals surface area contributed by atoms with Gasteiger partial charge in [0.1, 0.15) is 0 Å². The zero-order valence-electron chi connectivity index (χ0n) is 16.6. The average Bonchev–Trinajstić information content (AvgIpc) is 2.59. The number of ether oxygens (including phenoxy) is 2. The van der Waals surface area contributed by atoms with Crippen LogP contribution in [0.4, 0.5) is 0 Å². The molecule has 0 radical (unpaired) electrons. The molecule has 0 aliphatic carbocycles. The molecule has 0 saturated carbocycles. The van der Waals surface area contributed by atoms with Gasteiger partial charge in [-0.25, -0.2) is 0 Å². The molecule has 0 heterocycles. The smallest absolute Gasteiger partial charge is 0.158 e. The number of allylic oxidation sites excluding steroid dienone is 2. The highest BCUT2D eigenvalue weighted by Gasteiger charge is 2.05. The van der Waals surface area contributed by atoms with Gasteiger partial charge in [0, 0.05) is 0 Å². The molecule has 0 amide bonds. The Labute approximate surface area is 151 Å². The van der Waals surface area contributed by atoms with Crippen molar-refractivity contribution >= 4 is 0 Å². The van der Waals surface area contributed by atoms with E-state index in [2.05, 4.69) is 45.1 Å². The minimum Gasteiger partial charge on any atom is -0.349 e. The van der Waals surface area contributed by atoms with Crippen molar-refractivity contribution in [3.05, 3.63) is 24.3 Å². The van der Waals surface area contributed by atoms with Gasteiger partial charge in [0.25, 0.3) is 0 Å². The Morgan fingerprint density at radius 3 is 1.50 bits per heavy atom. The largest absolute Gasteiger partial charge is 0.349 e. The highest BCUT2D eigenvalue weighted by atomic mass is 16.7. The summed E-state index contributed by atoms with van der Waals surface area (Å²) in [5.41, 5.74) is 0. The highest BCUT2D eigenvalue weighted by molar-refractivity contribution is 4.82. The summed E-state index contributed by atoms with van der Waals surface area (Å²) >= 11 is 0. The fraction of sp³-hybridized carbons (Fsp3) is 0.818. The van der Waals surface area contributed by atoms with Crippen LogP contribution in [0.5, 0.6) is 0 Å². The van der Waals surface area contributed by atoms with Crippen LogP contribution >= 0.6 is 0 Å². The molecule has 0 unspecified atom stereocenters. The molecule has 24 heavy (non-hydrogen) atoms. The van der Waals surface area contributed by atoms with Gasteiger partial charge in [-0.2, -0.15) is 0 Å². The molecule has 0 atom stereocenters. The van der Waals surface area contributed by atoms with Crippen LogP contribution in [-0.2, 0) is 9.47 Å². The molecule has 142 valence electrons. The van der Waals surface area contributed by atoms with E-state index in [1.54, 1.807) is 0 Å². The molecule has 0 aromatic rings. The first-order chi connectivity index (χ1) is 11.8. The fourth-order valence-corrected chi connectivity index (χ4v) is 2.53. The summed E-state index contributed by atoms with van der Waals surface area (Å²) < 4.78 is 11.7. The van der Waals surface area contributed by atoms with E-state index in [9.17, 15) is 0 Å². The zero-order chi connectivity index (χ0) is 17.7. The molecule has 0 rings (SSSR count). The Kier molecular flexibility index (Phi) is 19.9. The summed E-state index contributed by atoms with van der Waals surface area (Å²) in [5, 5.41) is 0. The molecular weight excluding hydrogens is 296 g/mol. The maximum absolute atomic E-state index is 5.83. The second-order valence-electron chi connectivity index (χ2n) is 6.53. The third-order valence-corrected chi connectivity index (χ3v) is 4.06. The third-order valence-electron chi connectivity index (χ3n) is 4.06. The molecule has 0 saturated heterocycles. The van der Waals surface area contributed by atoms with E-state index < -0.39 is 0 Å². The first-order valence-electron chi connectivity index (χ1n) is 10.4. The lowest BCUT2D eigenvalue weighted by molar-refractivity contribution is -0.130. The van der Waals surface area contributed by atoms with Crippen LogP contribution < -0.4 is 0 Å². The van der Waals surface area contributed by atoms with E-state index in [0.29, 0.717) is 13.2 Å². The Bertz CT molecular complexity index is 258. The molecule has 0 spiro atoms. The van der Waals surface area contributed by atoms with Crippen molar-refractivity contribution < 1.29 is 9.47 Å². The SMILES string of the molecule is CCCCCC/C=C\COC(CCC)OC/C=C\CCCCCC. The first-order valence-corrected chi connectivity index (χ1v) is 10.4. The molecule has 0 fully saturated rings. The molecule has 0 aliphatic heterocycles. The maximum atomic E-state index is 5.83. The van der Waals surface area contributed by atoms with Gasteiger partial charge in [0.15, 0.2) is 6.29 Å². The first kappa shape index (κ1) is 23.4. The van der Waals surface area contributed by atoms with E-state index in [0.717, 1.165) is 12.8 Å². The number of unbranched alkanes of at least 4 members (excludes halogenated alkanes) is 8. The summed E-state index contributed by atoms with van der Waals surface area (Å²) in [5.74, 6) is 0. The van der Waals surface area contributed by atoms with Gasteiger partial charge in [-0.05, 0) is 32.1 Å². The Morgan fingerprint density at radius 2 is 1.08 bits per heavy atom. The third kappa shape index (κ3) is 17.7. The number of rotatable bonds is 18. The van der Waals surface area contributed by atoms with Crippen LogP contribution in [0.15, 0.2) is 24.3 Å². The normalized spacial score (nSPS) is 12.2. The Hall–Kier alpha value is -0.600. The van der Waals surface area contributed by atoms with Crippen LogP contribution in [0, 0.1) is 0 Å². The van der Waals surface area contributed by atoms with Gasteiger partial charge >= 0.3 is 0 Å². The van der Waals surface area contributed by atoms with E-state index >= 15 is 0 Å². The fourth-order valence-electron chi connectivity index (χ4n) is 2.53. The second kappa shape index (κ2) is 20.4. The number of hydrogen-bond acceptors (Lipinski definition) is 2. The van der Waals surface area contributed by atoms with Gasteiger partial charge < -0.3 is 9.47 Å². The topological polar surface area (TPSA) is 18.5 Å². The van der Waals surface area contributed by atoms with Gasteiger partial charge in [0.2, 0.25) is 0 Å². The lowest BCUT2D eigenvalue weighted by atomic mass is 10.1. The zero-order valence-corrected chi connectivity index (χ0v) is 16.6. The van der Waals surface area contributed by atoms with E-state index in [4.69, 9.17) is 9.47 Å². The van der Waals surface area contributed by atoms with E-state index in [1.165, 1.54) is 64.2 Å². The van der Waals surface area contributed by atoms with Crippen molar-refractivity contribution in [1.82, 2.24) is 0 Å². The monoisotopic (exact) mass is 338 g/mol. The van der Waals surface area contributed by atoms with E-state index in [1.807, 2.05) is 0 Å². The highest BCUT2D eigenvalue weighted by Crippen LogP contribution is 2.07. The summed E-state index contributed by atoms with van der Waals surface area (Å²) in [6.45, 7) is 8.00. The predicted molar refractivity (Wildman–Crippen MR) is 106 cm³/mol. The maximum Gasteiger partial charge on any atom is 0.158 e. The molecule has 0 aromatic carbocycles. The average molecular weight is 339 g/mol. The van der Waals surface area contributed by atoms with Crippen molar-refractivity contribution in [2.75, 3.05) is 13.2 Å². The predicted octanol–water partition coefficient (Wildman–Crippen LogP) is 7.20. The van der Waals surface area contributed by atoms with Crippen molar-refractivity contribution in [1.29, 1.82) is 0 Å². The molecule has 2 nitrogen and oxygen atoms in total. The molecular formula is C22H42O2. The van der Waals surface area contributed by atoms with Gasteiger partial charge in [-0.15, -0.1) is 0 Å². The van der Waals surface area contributed by atoms with Crippen LogP contribution in [0.25, 0.3) is 0 Å². The molecule has 0 bridgehead atoms. The van der Waals surface area contributed by atoms with Gasteiger partial charge in [-0.3, -0.25) is 0 Å². The van der Waals surface area contributed by atoms with Crippen LogP contribution in [0.2, 0.25) is 0 Å². The van der Waals surface area contributed by atoms with Crippen LogP contribution in [0.3, 0.4) is 0 Å². The Balaban J connectivity index is 3.65. The van der Waals surface area contributed by atoms with E-state index in [-0.39, 0.29) is 6.29 Å². The quantitative estimate of drug-likeness (QED) is 0.149. The molecule has 0 aliphatic rings. The van der Waals surface area contributed by atoms with Crippen LogP contribution in [-0.4, -0.2) is 19.5 Å². The van der Waals surface area contributed by atoms with Gasteiger partial charge in [0.05, 0.1) is 13.2 Å². The van der Waals surface area contributed by atoms with Crippen molar-refractivity contribution in [2.24, 2.45) is 0 Å². The summed E-state index contributed by atoms with van der Waals surface area (Å²) in [6, 6.07) is 0. The van der Waals surface area contributed by atoms with Gasteiger partial charge in [-0.1, -0.05) is 90.0 Å². The lowest BCUT2D eigenvalue weighted by Crippen LogP contribution is -2.17. The van der Waals surface area contributed by atoms with Crippen molar-refractivity contribution in [2.45, 2.75) is 104 Å². The standard InChI is InChI=1S/C22H42O2/c1-4-7-9-11-13-15-17-20-23-22(19-6-3)24-21-18-16-14-12-10-8-5-2/h15-18,22H,4-14,19-21H2,1-3H3/b17-15-,18-16-. The van der Waals surface area contributed by atoms with Crippen molar-refractivity contribution in [3.8, 4) is 0 Å². The van der Waals surface area contributed by atoms with Crippen LogP contribution in [0.1, 0.15) is 97.8 Å².